The van der Waals surface area contributed by atoms with E-state index in [9.17, 15) is 9.59 Å². The van der Waals surface area contributed by atoms with Crippen molar-refractivity contribution in [1.82, 2.24) is 10.6 Å². The van der Waals surface area contributed by atoms with E-state index in [1.807, 2.05) is 0 Å². The second kappa shape index (κ2) is 6.57. The van der Waals surface area contributed by atoms with Crippen molar-refractivity contribution in [2.75, 3.05) is 13.1 Å². The largest absolute Gasteiger partial charge is 0.354 e. The fourth-order valence-electron chi connectivity index (χ4n) is 1.88. The van der Waals surface area contributed by atoms with Gasteiger partial charge in [-0.2, -0.15) is 0 Å². The van der Waals surface area contributed by atoms with Crippen molar-refractivity contribution in [3.8, 4) is 0 Å². The first-order chi connectivity index (χ1) is 9.16. The van der Waals surface area contributed by atoms with Gasteiger partial charge < -0.3 is 10.6 Å². The highest BCUT2D eigenvalue weighted by Gasteiger charge is 2.24. The minimum absolute atomic E-state index is 0.104. The maximum absolute atomic E-state index is 11.7. The number of amides is 2. The van der Waals surface area contributed by atoms with Crippen molar-refractivity contribution in [3.63, 3.8) is 0 Å². The van der Waals surface area contributed by atoms with E-state index in [-0.39, 0.29) is 17.7 Å². The van der Waals surface area contributed by atoms with Gasteiger partial charge in [0.15, 0.2) is 0 Å². The van der Waals surface area contributed by atoms with Gasteiger partial charge in [-0.1, -0.05) is 18.0 Å². The van der Waals surface area contributed by atoms with E-state index in [2.05, 4.69) is 10.6 Å². The molecule has 2 amide bonds. The molecule has 19 heavy (non-hydrogen) atoms. The summed E-state index contributed by atoms with van der Waals surface area (Å²) in [4.78, 5) is 23.3. The smallest absolute Gasteiger partial charge is 0.251 e. The molecule has 0 radical (unpaired) electrons. The molecule has 0 aliphatic heterocycles. The highest BCUT2D eigenvalue weighted by molar-refractivity contribution is 6.30. The highest BCUT2D eigenvalue weighted by Crippen LogP contribution is 2.25. The minimum atomic E-state index is -0.158. The van der Waals surface area contributed by atoms with E-state index in [4.69, 9.17) is 11.6 Å². The summed E-state index contributed by atoms with van der Waals surface area (Å²) in [6, 6.07) is 6.69. The Morgan fingerprint density at radius 2 is 1.74 bits per heavy atom. The minimum Gasteiger partial charge on any atom is -0.354 e. The maximum Gasteiger partial charge on any atom is 0.251 e. The first kappa shape index (κ1) is 13.9. The van der Waals surface area contributed by atoms with E-state index in [1.54, 1.807) is 24.3 Å². The molecule has 1 aromatic carbocycles. The number of hydrogen-bond donors (Lipinski definition) is 2. The fraction of sp³-hybridized carbons (Fsp3) is 0.429. The molecule has 2 N–H and O–H groups in total. The Bertz CT molecular complexity index is 455. The van der Waals surface area contributed by atoms with Gasteiger partial charge in [-0.25, -0.2) is 0 Å². The van der Waals surface area contributed by atoms with Crippen molar-refractivity contribution in [1.29, 1.82) is 0 Å². The lowest BCUT2D eigenvalue weighted by atomic mass is 9.85. The molecule has 2 rings (SSSR count). The van der Waals surface area contributed by atoms with Gasteiger partial charge in [0.25, 0.3) is 5.91 Å². The highest BCUT2D eigenvalue weighted by atomic mass is 35.5. The average molecular weight is 281 g/mol. The molecule has 1 aliphatic rings. The van der Waals surface area contributed by atoms with Crippen LogP contribution >= 0.6 is 11.6 Å². The zero-order valence-electron chi connectivity index (χ0n) is 10.6. The number of hydrogen-bond acceptors (Lipinski definition) is 2. The molecule has 1 aliphatic carbocycles. The van der Waals surface area contributed by atoms with Gasteiger partial charge in [0, 0.05) is 29.6 Å². The van der Waals surface area contributed by atoms with Crippen LogP contribution in [0.25, 0.3) is 0 Å². The quantitative estimate of drug-likeness (QED) is 0.811. The maximum atomic E-state index is 11.7. The van der Waals surface area contributed by atoms with Crippen LogP contribution < -0.4 is 10.6 Å². The third-order valence-electron chi connectivity index (χ3n) is 3.29. The molecule has 0 saturated heterocycles. The number of benzene rings is 1. The summed E-state index contributed by atoms with van der Waals surface area (Å²) in [5.74, 6) is 0.133. The van der Waals surface area contributed by atoms with Crippen LogP contribution in [-0.2, 0) is 4.79 Å². The number of nitrogens with one attached hydrogen (secondary N) is 2. The van der Waals surface area contributed by atoms with Gasteiger partial charge in [-0.3, -0.25) is 9.59 Å². The van der Waals surface area contributed by atoms with Crippen LogP contribution in [-0.4, -0.2) is 24.9 Å². The van der Waals surface area contributed by atoms with Crippen molar-refractivity contribution < 1.29 is 9.59 Å². The van der Waals surface area contributed by atoms with Crippen LogP contribution in [0.3, 0.4) is 0 Å². The molecule has 5 heteroatoms. The molecule has 0 unspecified atom stereocenters. The Balaban J connectivity index is 1.66. The number of rotatable bonds is 5. The molecular weight excluding hydrogens is 264 g/mol. The second-order valence-electron chi connectivity index (χ2n) is 4.68. The zero-order valence-corrected chi connectivity index (χ0v) is 11.4. The normalized spacial score (nSPS) is 14.6. The Hall–Kier alpha value is -1.55. The Kier molecular flexibility index (Phi) is 4.80. The molecule has 0 aromatic heterocycles. The predicted octanol–water partition coefficient (Wildman–Crippen LogP) is 1.99. The molecule has 1 saturated carbocycles. The third kappa shape index (κ3) is 3.96. The zero-order chi connectivity index (χ0) is 13.7. The van der Waals surface area contributed by atoms with Gasteiger partial charge in [0.1, 0.15) is 0 Å². The molecule has 1 aromatic rings. The molecule has 102 valence electrons. The van der Waals surface area contributed by atoms with Crippen molar-refractivity contribution >= 4 is 23.4 Å². The summed E-state index contributed by atoms with van der Waals surface area (Å²) < 4.78 is 0. The topological polar surface area (TPSA) is 58.2 Å². The molecule has 0 heterocycles. The van der Waals surface area contributed by atoms with Crippen LogP contribution in [0.1, 0.15) is 29.6 Å². The summed E-state index contributed by atoms with van der Waals surface area (Å²) in [7, 11) is 0. The predicted molar refractivity (Wildman–Crippen MR) is 74.1 cm³/mol. The molecule has 0 atom stereocenters. The molecule has 0 bridgehead atoms. The Labute approximate surface area is 117 Å². The lowest BCUT2D eigenvalue weighted by Crippen LogP contribution is -2.39. The SMILES string of the molecule is O=C(NCCNC(=O)C1CCC1)c1ccc(Cl)cc1. The van der Waals surface area contributed by atoms with E-state index in [1.165, 1.54) is 0 Å². The van der Waals surface area contributed by atoms with E-state index < -0.39 is 0 Å². The van der Waals surface area contributed by atoms with E-state index in [0.717, 1.165) is 19.3 Å². The lowest BCUT2D eigenvalue weighted by molar-refractivity contribution is -0.127. The number of carbonyl (C=O) groups excluding carboxylic acids is 2. The Morgan fingerprint density at radius 1 is 1.11 bits per heavy atom. The van der Waals surface area contributed by atoms with Crippen molar-refractivity contribution in [2.45, 2.75) is 19.3 Å². The average Bonchev–Trinajstić information content (AvgIpc) is 2.33. The van der Waals surface area contributed by atoms with E-state index >= 15 is 0 Å². The summed E-state index contributed by atoms with van der Waals surface area (Å²) in [5, 5.41) is 6.18. The lowest BCUT2D eigenvalue weighted by Gasteiger charge is -2.24. The molecule has 4 nitrogen and oxygen atoms in total. The second-order valence-corrected chi connectivity index (χ2v) is 5.12. The monoisotopic (exact) mass is 280 g/mol. The molecule has 0 spiro atoms. The van der Waals surface area contributed by atoms with Crippen LogP contribution in [0.15, 0.2) is 24.3 Å². The van der Waals surface area contributed by atoms with E-state index in [0.29, 0.717) is 23.7 Å². The van der Waals surface area contributed by atoms with Crippen LogP contribution in [0.2, 0.25) is 5.02 Å². The Morgan fingerprint density at radius 3 is 2.32 bits per heavy atom. The summed E-state index contributed by atoms with van der Waals surface area (Å²) >= 11 is 5.75. The molecular formula is C14H17ClN2O2. The summed E-state index contributed by atoms with van der Waals surface area (Å²) in [6.45, 7) is 0.897. The van der Waals surface area contributed by atoms with Gasteiger partial charge in [-0.15, -0.1) is 0 Å². The first-order valence-electron chi connectivity index (χ1n) is 6.48. The van der Waals surface area contributed by atoms with Gasteiger partial charge in [-0.05, 0) is 37.1 Å². The standard InChI is InChI=1S/C14H17ClN2O2/c15-12-6-4-11(5-7-12)14(19)17-9-8-16-13(18)10-2-1-3-10/h4-7,10H,1-3,8-9H2,(H,16,18)(H,17,19). The van der Waals surface area contributed by atoms with Gasteiger partial charge in [0.2, 0.25) is 5.91 Å². The number of halogens is 1. The molecule has 1 fully saturated rings. The van der Waals surface area contributed by atoms with Crippen LogP contribution in [0.5, 0.6) is 0 Å². The first-order valence-corrected chi connectivity index (χ1v) is 6.86. The third-order valence-corrected chi connectivity index (χ3v) is 3.54. The van der Waals surface area contributed by atoms with Gasteiger partial charge >= 0.3 is 0 Å². The van der Waals surface area contributed by atoms with Gasteiger partial charge in [0.05, 0.1) is 0 Å². The number of carbonyl (C=O) groups is 2. The summed E-state index contributed by atoms with van der Waals surface area (Å²) in [6.07, 6.45) is 3.12. The van der Waals surface area contributed by atoms with Crippen molar-refractivity contribution in [2.24, 2.45) is 5.92 Å². The van der Waals surface area contributed by atoms with Crippen LogP contribution in [0.4, 0.5) is 0 Å². The fourth-order valence-corrected chi connectivity index (χ4v) is 2.01. The summed E-state index contributed by atoms with van der Waals surface area (Å²) in [5.41, 5.74) is 0.565. The van der Waals surface area contributed by atoms with Crippen molar-refractivity contribution in [3.05, 3.63) is 34.9 Å². The van der Waals surface area contributed by atoms with Crippen LogP contribution in [0, 0.1) is 5.92 Å².